The Morgan fingerprint density at radius 2 is 1.80 bits per heavy atom. The predicted octanol–water partition coefficient (Wildman–Crippen LogP) is 3.17. The summed E-state index contributed by atoms with van der Waals surface area (Å²) in [5.74, 6) is -1.37. The van der Waals surface area contributed by atoms with Crippen LogP contribution in [0.4, 0.5) is 0 Å². The summed E-state index contributed by atoms with van der Waals surface area (Å²) in [6.07, 6.45) is 0.227. The highest BCUT2D eigenvalue weighted by Crippen LogP contribution is 2.22. The summed E-state index contributed by atoms with van der Waals surface area (Å²) < 4.78 is 0. The minimum Gasteiger partial charge on any atom is -0.481 e. The number of ketones is 1. The van der Waals surface area contributed by atoms with Gasteiger partial charge in [-0.2, -0.15) is 0 Å². The van der Waals surface area contributed by atoms with Gasteiger partial charge in [-0.25, -0.2) is 0 Å². The van der Waals surface area contributed by atoms with Gasteiger partial charge in [-0.1, -0.05) is 30.3 Å². The van der Waals surface area contributed by atoms with Crippen LogP contribution in [-0.4, -0.2) is 27.8 Å². The van der Waals surface area contributed by atoms with Crippen molar-refractivity contribution in [2.24, 2.45) is 0 Å². The van der Waals surface area contributed by atoms with Crippen LogP contribution in [0.3, 0.4) is 0 Å². The van der Waals surface area contributed by atoms with Gasteiger partial charge in [-0.3, -0.25) is 14.4 Å². The molecule has 3 N–H and O–H groups in total. The Morgan fingerprint density at radius 1 is 1.16 bits per heavy atom. The number of aliphatic carboxylic acids is 1. The first kappa shape index (κ1) is 18.4. The predicted molar refractivity (Wildman–Crippen MR) is 93.8 cm³/mol. The van der Waals surface area contributed by atoms with Crippen molar-refractivity contribution < 1.29 is 19.5 Å². The van der Waals surface area contributed by atoms with Gasteiger partial charge in [-0.15, -0.1) is 0 Å². The molecule has 0 aliphatic carbocycles. The van der Waals surface area contributed by atoms with Crippen molar-refractivity contribution >= 4 is 17.7 Å². The fourth-order valence-electron chi connectivity index (χ4n) is 3.01. The van der Waals surface area contributed by atoms with E-state index in [0.717, 1.165) is 5.56 Å². The Hall–Kier alpha value is -2.89. The van der Waals surface area contributed by atoms with E-state index in [1.165, 1.54) is 6.92 Å². The molecule has 1 aromatic carbocycles. The molecule has 2 rings (SSSR count). The number of hydrogen-bond donors (Lipinski definition) is 3. The summed E-state index contributed by atoms with van der Waals surface area (Å²) >= 11 is 0. The molecular weight excluding hydrogens is 320 g/mol. The van der Waals surface area contributed by atoms with E-state index in [2.05, 4.69) is 10.3 Å². The number of aromatic nitrogens is 1. The van der Waals surface area contributed by atoms with Gasteiger partial charge < -0.3 is 15.4 Å². The molecule has 6 heteroatoms. The van der Waals surface area contributed by atoms with E-state index in [9.17, 15) is 14.4 Å². The Balaban J connectivity index is 2.26. The van der Waals surface area contributed by atoms with Gasteiger partial charge in [0.2, 0.25) is 0 Å². The highest BCUT2D eigenvalue weighted by atomic mass is 16.4. The average Bonchev–Trinajstić information content (AvgIpc) is 2.86. The van der Waals surface area contributed by atoms with Crippen LogP contribution >= 0.6 is 0 Å². The topological polar surface area (TPSA) is 99.3 Å². The first-order valence-corrected chi connectivity index (χ1v) is 8.09. The van der Waals surface area contributed by atoms with Gasteiger partial charge >= 0.3 is 5.97 Å². The van der Waals surface area contributed by atoms with E-state index < -0.39 is 12.0 Å². The average molecular weight is 342 g/mol. The molecule has 1 amide bonds. The normalized spacial score (nSPS) is 11.8. The van der Waals surface area contributed by atoms with E-state index in [1.54, 1.807) is 13.8 Å². The maximum absolute atomic E-state index is 12.7. The van der Waals surface area contributed by atoms with Gasteiger partial charge in [0.25, 0.3) is 5.91 Å². The van der Waals surface area contributed by atoms with Crippen LogP contribution in [-0.2, 0) is 4.79 Å². The molecule has 1 unspecified atom stereocenters. The lowest BCUT2D eigenvalue weighted by atomic mass is 10.0. The molecular formula is C19H22N2O4. The zero-order chi connectivity index (χ0) is 18.6. The number of carbonyl (C=O) groups excluding carboxylic acids is 2. The Kier molecular flexibility index (Phi) is 5.75. The fraction of sp³-hybridized carbons (Fsp3) is 0.316. The van der Waals surface area contributed by atoms with Crippen molar-refractivity contribution in [3.8, 4) is 0 Å². The molecule has 1 aromatic heterocycles. The van der Waals surface area contributed by atoms with Crippen molar-refractivity contribution in [2.45, 2.75) is 39.7 Å². The van der Waals surface area contributed by atoms with Crippen LogP contribution in [0.2, 0.25) is 0 Å². The lowest BCUT2D eigenvalue weighted by Gasteiger charge is -2.18. The van der Waals surface area contributed by atoms with Crippen LogP contribution in [0.1, 0.15) is 63.5 Å². The number of carboxylic acid groups (broad SMARTS) is 1. The number of aromatic amines is 1. The summed E-state index contributed by atoms with van der Waals surface area (Å²) in [5.41, 5.74) is 2.94. The van der Waals surface area contributed by atoms with Crippen molar-refractivity contribution in [1.82, 2.24) is 10.3 Å². The van der Waals surface area contributed by atoms with Crippen LogP contribution in [0.5, 0.6) is 0 Å². The number of H-pyrrole nitrogens is 1. The number of Topliss-reactive ketones (excluding diaryl/α,β-unsaturated/α-hetero) is 1. The van der Waals surface area contributed by atoms with Crippen LogP contribution < -0.4 is 5.32 Å². The molecule has 0 saturated carbocycles. The molecule has 0 saturated heterocycles. The highest BCUT2D eigenvalue weighted by Gasteiger charge is 2.22. The van der Waals surface area contributed by atoms with Crippen molar-refractivity contribution in [3.05, 3.63) is 58.4 Å². The number of carboxylic acids is 1. The third kappa shape index (κ3) is 4.35. The quantitative estimate of drug-likeness (QED) is 0.673. The molecule has 0 fully saturated rings. The van der Waals surface area contributed by atoms with E-state index >= 15 is 0 Å². The van der Waals surface area contributed by atoms with Crippen molar-refractivity contribution in [1.29, 1.82) is 0 Å². The first-order chi connectivity index (χ1) is 11.8. The van der Waals surface area contributed by atoms with E-state index in [0.29, 0.717) is 22.5 Å². The summed E-state index contributed by atoms with van der Waals surface area (Å²) in [4.78, 5) is 38.3. The zero-order valence-corrected chi connectivity index (χ0v) is 14.6. The summed E-state index contributed by atoms with van der Waals surface area (Å²) in [7, 11) is 0. The molecule has 2 aromatic rings. The molecule has 0 aliphatic rings. The van der Waals surface area contributed by atoms with Crippen LogP contribution in [0.25, 0.3) is 0 Å². The number of hydrogen-bond acceptors (Lipinski definition) is 3. The Bertz CT molecular complexity index is 793. The van der Waals surface area contributed by atoms with E-state index in [4.69, 9.17) is 5.11 Å². The van der Waals surface area contributed by atoms with Gasteiger partial charge in [0.05, 0.1) is 6.04 Å². The van der Waals surface area contributed by atoms with Crippen molar-refractivity contribution in [3.63, 3.8) is 0 Å². The molecule has 1 atom stereocenters. The largest absolute Gasteiger partial charge is 0.481 e. The second kappa shape index (κ2) is 7.79. The minimum absolute atomic E-state index is 0.0543. The van der Waals surface area contributed by atoms with Gasteiger partial charge in [0, 0.05) is 17.7 Å². The molecule has 25 heavy (non-hydrogen) atoms. The molecule has 0 aliphatic heterocycles. The monoisotopic (exact) mass is 342 g/mol. The summed E-state index contributed by atoms with van der Waals surface area (Å²) in [6.45, 7) is 4.94. The number of benzene rings is 1. The van der Waals surface area contributed by atoms with Crippen LogP contribution in [0, 0.1) is 13.8 Å². The second-order valence-corrected chi connectivity index (χ2v) is 6.05. The molecule has 1 heterocycles. The highest BCUT2D eigenvalue weighted by molar-refractivity contribution is 6.02. The smallest absolute Gasteiger partial charge is 0.303 e. The number of rotatable bonds is 7. The molecule has 6 nitrogen and oxygen atoms in total. The van der Waals surface area contributed by atoms with E-state index in [-0.39, 0.29) is 24.5 Å². The summed E-state index contributed by atoms with van der Waals surface area (Å²) in [5, 5.41) is 11.8. The lowest BCUT2D eigenvalue weighted by molar-refractivity contribution is -0.137. The number of nitrogens with one attached hydrogen (secondary N) is 2. The van der Waals surface area contributed by atoms with Crippen LogP contribution in [0.15, 0.2) is 30.3 Å². The lowest BCUT2D eigenvalue weighted by Crippen LogP contribution is -2.29. The minimum atomic E-state index is -0.916. The second-order valence-electron chi connectivity index (χ2n) is 6.05. The Labute approximate surface area is 146 Å². The zero-order valence-electron chi connectivity index (χ0n) is 14.6. The number of amides is 1. The fourth-order valence-corrected chi connectivity index (χ4v) is 3.01. The molecule has 132 valence electrons. The van der Waals surface area contributed by atoms with Gasteiger partial charge in [0.15, 0.2) is 5.78 Å². The maximum Gasteiger partial charge on any atom is 0.303 e. The number of carbonyl (C=O) groups is 3. The van der Waals surface area contributed by atoms with Crippen molar-refractivity contribution in [2.75, 3.05) is 0 Å². The Morgan fingerprint density at radius 3 is 2.32 bits per heavy atom. The maximum atomic E-state index is 12.7. The third-order valence-corrected chi connectivity index (χ3v) is 4.17. The molecule has 0 spiro atoms. The van der Waals surface area contributed by atoms with Gasteiger partial charge in [0.1, 0.15) is 5.69 Å². The number of aryl methyl sites for hydroxylation is 1. The SMILES string of the molecule is CC(=O)c1c(C)[nH]c(C(=O)NC(CCC(=O)O)c2ccccc2)c1C. The van der Waals surface area contributed by atoms with E-state index in [1.807, 2.05) is 30.3 Å². The van der Waals surface area contributed by atoms with Gasteiger partial charge in [-0.05, 0) is 38.3 Å². The standard InChI is InChI=1S/C19H22N2O4/c1-11-17(13(3)22)12(2)20-18(11)19(25)21-15(9-10-16(23)24)14-7-5-4-6-8-14/h4-8,15,20H,9-10H2,1-3H3,(H,21,25)(H,23,24). The molecule has 0 bridgehead atoms. The summed E-state index contributed by atoms with van der Waals surface area (Å²) in [6, 6.07) is 8.81. The third-order valence-electron chi connectivity index (χ3n) is 4.17. The first-order valence-electron chi connectivity index (χ1n) is 8.09. The molecule has 0 radical (unpaired) electrons.